The number of hydrogen-bond acceptors (Lipinski definition) is 0. The van der Waals surface area contributed by atoms with E-state index in [1.165, 1.54) is 43.8 Å². The Balaban J connectivity index is 1.35. The lowest BCUT2D eigenvalue weighted by atomic mass is 10.0. The summed E-state index contributed by atoms with van der Waals surface area (Å²) in [6.07, 6.45) is 6.23. The van der Waals surface area contributed by atoms with Crippen molar-refractivity contribution in [2.45, 2.75) is 6.92 Å². The van der Waals surface area contributed by atoms with Crippen LogP contribution in [0, 0.1) is 0 Å². The van der Waals surface area contributed by atoms with Gasteiger partial charge in [0.1, 0.15) is 0 Å². The van der Waals surface area contributed by atoms with Crippen LogP contribution < -0.4 is 0 Å². The van der Waals surface area contributed by atoms with Crippen molar-refractivity contribution in [3.05, 3.63) is 145 Å². The Morgan fingerprint density at radius 1 is 0.538 bits per heavy atom. The monoisotopic (exact) mass is 500 g/mol. The number of allylic oxidation sites excluding steroid dienone is 1. The van der Waals surface area contributed by atoms with Gasteiger partial charge >= 0.3 is 0 Å². The van der Waals surface area contributed by atoms with Crippen molar-refractivity contribution in [2.24, 2.45) is 0 Å². The Hall–Kier alpha value is -5.08. The number of aromatic nitrogens is 2. The van der Waals surface area contributed by atoms with Gasteiger partial charge in [-0.25, -0.2) is 0 Å². The first-order valence-electron chi connectivity index (χ1n) is 13.4. The fraction of sp³-hybridized carbons (Fsp3) is 0.0270. The molecule has 2 aromatic heterocycles. The molecule has 0 radical (unpaired) electrons. The fourth-order valence-corrected chi connectivity index (χ4v) is 5.93. The Labute approximate surface area is 228 Å². The summed E-state index contributed by atoms with van der Waals surface area (Å²) in [5, 5.41) is 3.76. The second-order valence-electron chi connectivity index (χ2n) is 9.82. The molecule has 0 spiro atoms. The zero-order valence-corrected chi connectivity index (χ0v) is 21.9. The van der Waals surface area contributed by atoms with Gasteiger partial charge in [-0.05, 0) is 66.6 Å². The van der Waals surface area contributed by atoms with Crippen molar-refractivity contribution in [2.75, 3.05) is 0 Å². The molecule has 0 atom stereocenters. The van der Waals surface area contributed by atoms with E-state index in [4.69, 9.17) is 0 Å². The maximum absolute atomic E-state index is 4.11. The molecule has 0 fully saturated rings. The first-order chi connectivity index (χ1) is 19.3. The molecule has 2 heteroatoms. The molecule has 0 unspecified atom stereocenters. The summed E-state index contributed by atoms with van der Waals surface area (Å²) in [6.45, 7) is 6.17. The van der Waals surface area contributed by atoms with Gasteiger partial charge in [-0.1, -0.05) is 97.6 Å². The van der Waals surface area contributed by atoms with Gasteiger partial charge in [0.2, 0.25) is 0 Å². The third kappa shape index (κ3) is 3.65. The zero-order valence-electron chi connectivity index (χ0n) is 21.9. The summed E-state index contributed by atoms with van der Waals surface area (Å²) in [5.74, 6) is 0. The zero-order chi connectivity index (χ0) is 26.3. The predicted molar refractivity (Wildman–Crippen MR) is 168 cm³/mol. The summed E-state index contributed by atoms with van der Waals surface area (Å²) in [4.78, 5) is 0. The van der Waals surface area contributed by atoms with Gasteiger partial charge in [-0.3, -0.25) is 0 Å². The van der Waals surface area contributed by atoms with Crippen LogP contribution in [0.2, 0.25) is 0 Å². The van der Waals surface area contributed by atoms with Gasteiger partial charge in [0.25, 0.3) is 0 Å². The summed E-state index contributed by atoms with van der Waals surface area (Å²) < 4.78 is 4.69. The number of benzene rings is 5. The van der Waals surface area contributed by atoms with Gasteiger partial charge in [0.05, 0.1) is 22.2 Å². The van der Waals surface area contributed by atoms with E-state index in [0.29, 0.717) is 0 Å². The van der Waals surface area contributed by atoms with Crippen molar-refractivity contribution in [1.29, 1.82) is 0 Å². The lowest BCUT2D eigenvalue weighted by Gasteiger charge is -2.12. The maximum atomic E-state index is 4.11. The fourth-order valence-electron chi connectivity index (χ4n) is 5.93. The number of fused-ring (bicyclic) bond motifs is 4. The van der Waals surface area contributed by atoms with E-state index in [1.807, 2.05) is 6.08 Å². The normalized spacial score (nSPS) is 11.7. The summed E-state index contributed by atoms with van der Waals surface area (Å²) in [7, 11) is 0. The first kappa shape index (κ1) is 23.1. The van der Waals surface area contributed by atoms with Gasteiger partial charge in [-0.2, -0.15) is 0 Å². The minimum atomic E-state index is 1.14. The molecule has 0 aliphatic carbocycles. The molecule has 0 bridgehead atoms. The van der Waals surface area contributed by atoms with Crippen molar-refractivity contribution in [3.63, 3.8) is 0 Å². The van der Waals surface area contributed by atoms with Crippen LogP contribution in [-0.4, -0.2) is 9.13 Å². The van der Waals surface area contributed by atoms with E-state index >= 15 is 0 Å². The van der Waals surface area contributed by atoms with E-state index in [2.05, 4.69) is 156 Å². The molecular weight excluding hydrogens is 472 g/mol. The Kier molecular flexibility index (Phi) is 5.53. The number of para-hydroxylation sites is 3. The number of nitrogens with zero attached hydrogens (tertiary/aromatic N) is 2. The topological polar surface area (TPSA) is 9.86 Å². The van der Waals surface area contributed by atoms with Crippen LogP contribution >= 0.6 is 0 Å². The van der Waals surface area contributed by atoms with Crippen LogP contribution in [-0.2, 0) is 0 Å². The van der Waals surface area contributed by atoms with Crippen LogP contribution in [0.4, 0.5) is 0 Å². The third-order valence-electron chi connectivity index (χ3n) is 7.62. The highest BCUT2D eigenvalue weighted by Crippen LogP contribution is 2.35. The Bertz CT molecular complexity index is 1980. The van der Waals surface area contributed by atoms with E-state index in [-0.39, 0.29) is 0 Å². The molecule has 7 rings (SSSR count). The maximum Gasteiger partial charge on any atom is 0.0541 e. The van der Waals surface area contributed by atoms with Gasteiger partial charge in [0.15, 0.2) is 0 Å². The van der Waals surface area contributed by atoms with Crippen molar-refractivity contribution >= 4 is 44.9 Å². The second kappa shape index (κ2) is 9.34. The van der Waals surface area contributed by atoms with E-state index in [9.17, 15) is 0 Å². The van der Waals surface area contributed by atoms with Crippen LogP contribution in [0.5, 0.6) is 0 Å². The SMILES string of the molecule is C=Cc1c(/C=C\C)n(-c2cccc(-c3ccc(-n4c5ccccc5c5ccccc54)cc3)c2)c2ccccc12. The largest absolute Gasteiger partial charge is 0.309 e. The molecule has 0 aliphatic heterocycles. The molecule has 0 N–H and O–H groups in total. The molecule has 2 nitrogen and oxygen atoms in total. The lowest BCUT2D eigenvalue weighted by Crippen LogP contribution is -1.97. The molecule has 2 heterocycles. The van der Waals surface area contributed by atoms with Gasteiger partial charge in [-0.15, -0.1) is 0 Å². The molecule has 39 heavy (non-hydrogen) atoms. The molecule has 0 aliphatic rings. The quantitative estimate of drug-likeness (QED) is 0.222. The Morgan fingerprint density at radius 3 is 1.74 bits per heavy atom. The molecule has 0 saturated carbocycles. The highest BCUT2D eigenvalue weighted by Gasteiger charge is 2.15. The van der Waals surface area contributed by atoms with E-state index < -0.39 is 0 Å². The molecule has 186 valence electrons. The Morgan fingerprint density at radius 2 is 1.13 bits per heavy atom. The van der Waals surface area contributed by atoms with Crippen molar-refractivity contribution in [3.8, 4) is 22.5 Å². The average molecular weight is 501 g/mol. The summed E-state index contributed by atoms with van der Waals surface area (Å²) >= 11 is 0. The minimum Gasteiger partial charge on any atom is -0.309 e. The minimum absolute atomic E-state index is 1.14. The molecule has 5 aromatic carbocycles. The number of hydrogen-bond donors (Lipinski definition) is 0. The standard InChI is InChI=1S/C37H28N2/c1-3-12-34-30(4-2)31-15-5-8-18-35(31)39(34)29-14-11-13-27(25-29)26-21-23-28(24-22-26)38-36-19-9-6-16-32(36)33-17-7-10-20-37(33)38/h3-25H,2H2,1H3/b12-3-. The van der Waals surface area contributed by atoms with Crippen molar-refractivity contribution in [1.82, 2.24) is 9.13 Å². The van der Waals surface area contributed by atoms with E-state index in [0.717, 1.165) is 22.6 Å². The first-order valence-corrected chi connectivity index (χ1v) is 13.4. The predicted octanol–water partition coefficient (Wildman–Crippen LogP) is 10.1. The second-order valence-corrected chi connectivity index (χ2v) is 9.82. The van der Waals surface area contributed by atoms with Gasteiger partial charge in [0, 0.05) is 33.1 Å². The molecule has 0 saturated heterocycles. The third-order valence-corrected chi connectivity index (χ3v) is 7.62. The van der Waals surface area contributed by atoms with Crippen LogP contribution in [0.25, 0.3) is 67.4 Å². The molecular formula is C37H28N2. The summed E-state index contributed by atoms with van der Waals surface area (Å²) in [5.41, 5.74) is 10.6. The van der Waals surface area contributed by atoms with Crippen LogP contribution in [0.3, 0.4) is 0 Å². The van der Waals surface area contributed by atoms with Crippen LogP contribution in [0.15, 0.2) is 134 Å². The van der Waals surface area contributed by atoms with E-state index in [1.54, 1.807) is 0 Å². The van der Waals surface area contributed by atoms with Crippen LogP contribution in [0.1, 0.15) is 18.2 Å². The average Bonchev–Trinajstić information content (AvgIpc) is 3.50. The smallest absolute Gasteiger partial charge is 0.0541 e. The highest BCUT2D eigenvalue weighted by atomic mass is 15.0. The van der Waals surface area contributed by atoms with Crippen molar-refractivity contribution < 1.29 is 0 Å². The highest BCUT2D eigenvalue weighted by molar-refractivity contribution is 6.09. The molecule has 7 aromatic rings. The molecule has 0 amide bonds. The summed E-state index contributed by atoms with van der Waals surface area (Å²) in [6, 6.07) is 43.5. The van der Waals surface area contributed by atoms with Gasteiger partial charge < -0.3 is 9.13 Å². The lowest BCUT2D eigenvalue weighted by molar-refractivity contribution is 1.10. The number of rotatable bonds is 5.